The first-order chi connectivity index (χ1) is 5.22. The summed E-state index contributed by atoms with van der Waals surface area (Å²) in [4.78, 5) is 4.34. The van der Waals surface area contributed by atoms with Crippen LogP contribution in [0.5, 0.6) is 0 Å². The zero-order valence-corrected chi connectivity index (χ0v) is 7.82. The van der Waals surface area contributed by atoms with Crippen LogP contribution < -0.4 is 5.73 Å². The zero-order chi connectivity index (χ0) is 8.27. The van der Waals surface area contributed by atoms with Gasteiger partial charge in [-0.2, -0.15) is 0 Å². The molecule has 62 valence electrons. The average molecular weight is 170 g/mol. The van der Waals surface area contributed by atoms with Gasteiger partial charge in [-0.3, -0.25) is 0 Å². The molecule has 2 N–H and O–H groups in total. The van der Waals surface area contributed by atoms with E-state index >= 15 is 0 Å². The Balaban J connectivity index is 2.50. The van der Waals surface area contributed by atoms with E-state index in [-0.39, 0.29) is 6.04 Å². The van der Waals surface area contributed by atoms with Gasteiger partial charge >= 0.3 is 0 Å². The molecule has 1 unspecified atom stereocenters. The Bertz CT molecular complexity index is 220. The summed E-state index contributed by atoms with van der Waals surface area (Å²) >= 11 is 1.69. The molecule has 0 amide bonds. The molecule has 1 heterocycles. The van der Waals surface area contributed by atoms with Gasteiger partial charge in [0.2, 0.25) is 0 Å². The van der Waals surface area contributed by atoms with E-state index in [2.05, 4.69) is 17.3 Å². The summed E-state index contributed by atoms with van der Waals surface area (Å²) in [5, 5.41) is 3.22. The Morgan fingerprint density at radius 3 is 2.91 bits per heavy atom. The van der Waals surface area contributed by atoms with Gasteiger partial charge in [-0.05, 0) is 13.3 Å². The lowest BCUT2D eigenvalue weighted by Gasteiger charge is -2.04. The monoisotopic (exact) mass is 170 g/mol. The smallest absolute Gasteiger partial charge is 0.0897 e. The number of rotatable bonds is 3. The minimum absolute atomic E-state index is 0.275. The Morgan fingerprint density at radius 2 is 2.45 bits per heavy atom. The lowest BCUT2D eigenvalue weighted by molar-refractivity contribution is 0.638. The van der Waals surface area contributed by atoms with Crippen molar-refractivity contribution in [3.63, 3.8) is 0 Å². The second-order valence-corrected chi connectivity index (χ2v) is 3.79. The Morgan fingerprint density at radius 1 is 1.73 bits per heavy atom. The third-order valence-corrected chi connectivity index (χ3v) is 2.48. The molecular weight excluding hydrogens is 156 g/mol. The van der Waals surface area contributed by atoms with Gasteiger partial charge in [0.05, 0.1) is 10.7 Å². The molecule has 1 aromatic rings. The number of aryl methyl sites for hydroxylation is 1. The van der Waals surface area contributed by atoms with Gasteiger partial charge in [-0.15, -0.1) is 11.3 Å². The molecule has 0 aliphatic rings. The molecule has 0 spiro atoms. The third kappa shape index (κ3) is 2.60. The minimum Gasteiger partial charge on any atom is -0.327 e. The maximum Gasteiger partial charge on any atom is 0.0897 e. The molecule has 2 nitrogen and oxygen atoms in total. The second-order valence-electron chi connectivity index (χ2n) is 2.73. The highest BCUT2D eigenvalue weighted by atomic mass is 32.1. The van der Waals surface area contributed by atoms with Crippen LogP contribution >= 0.6 is 11.3 Å². The molecule has 0 aliphatic carbocycles. The summed E-state index contributed by atoms with van der Waals surface area (Å²) in [6, 6.07) is 0.275. The molecule has 0 radical (unpaired) electrons. The molecular formula is C8H14N2S. The lowest BCUT2D eigenvalue weighted by Crippen LogP contribution is -2.21. The summed E-state index contributed by atoms with van der Waals surface area (Å²) in [7, 11) is 0. The second kappa shape index (κ2) is 3.83. The van der Waals surface area contributed by atoms with Crippen molar-refractivity contribution in [2.45, 2.75) is 32.7 Å². The van der Waals surface area contributed by atoms with Crippen molar-refractivity contribution in [3.8, 4) is 0 Å². The zero-order valence-electron chi connectivity index (χ0n) is 7.00. The topological polar surface area (TPSA) is 38.9 Å². The Hall–Kier alpha value is -0.410. The number of hydrogen-bond acceptors (Lipinski definition) is 3. The Kier molecular flexibility index (Phi) is 3.02. The van der Waals surface area contributed by atoms with E-state index in [1.165, 1.54) is 0 Å². The summed E-state index contributed by atoms with van der Waals surface area (Å²) in [6.45, 7) is 4.12. The normalized spacial score (nSPS) is 13.4. The molecule has 1 aromatic heterocycles. The van der Waals surface area contributed by atoms with Gasteiger partial charge in [0.15, 0.2) is 0 Å². The van der Waals surface area contributed by atoms with Gasteiger partial charge in [-0.1, -0.05) is 6.92 Å². The van der Waals surface area contributed by atoms with E-state index < -0.39 is 0 Å². The van der Waals surface area contributed by atoms with E-state index in [1.54, 1.807) is 11.3 Å². The highest BCUT2D eigenvalue weighted by Gasteiger charge is 2.03. The first-order valence-electron chi connectivity index (χ1n) is 3.89. The fourth-order valence-corrected chi connectivity index (χ4v) is 1.54. The Labute approximate surface area is 71.5 Å². The van der Waals surface area contributed by atoms with Crippen molar-refractivity contribution in [2.24, 2.45) is 5.73 Å². The predicted molar refractivity (Wildman–Crippen MR) is 48.8 cm³/mol. The molecule has 1 rings (SSSR count). The summed E-state index contributed by atoms with van der Waals surface area (Å²) < 4.78 is 0. The first kappa shape index (κ1) is 8.68. The minimum atomic E-state index is 0.275. The van der Waals surface area contributed by atoms with Gasteiger partial charge in [0, 0.05) is 17.8 Å². The number of thiazole rings is 1. The molecule has 0 bridgehead atoms. The van der Waals surface area contributed by atoms with E-state index in [0.717, 1.165) is 23.5 Å². The molecule has 0 saturated heterocycles. The van der Waals surface area contributed by atoms with Crippen LogP contribution in [0.4, 0.5) is 0 Å². The van der Waals surface area contributed by atoms with Crippen molar-refractivity contribution in [1.29, 1.82) is 0 Å². The predicted octanol–water partition coefficient (Wildman–Crippen LogP) is 1.73. The molecule has 0 saturated carbocycles. The summed E-state index contributed by atoms with van der Waals surface area (Å²) in [6.07, 6.45) is 1.94. The van der Waals surface area contributed by atoms with Gasteiger partial charge in [0.1, 0.15) is 0 Å². The highest BCUT2D eigenvalue weighted by molar-refractivity contribution is 7.09. The number of nitrogens with two attached hydrogens (primary N) is 1. The van der Waals surface area contributed by atoms with E-state index in [9.17, 15) is 0 Å². The van der Waals surface area contributed by atoms with Crippen molar-refractivity contribution >= 4 is 11.3 Å². The fourth-order valence-electron chi connectivity index (χ4n) is 0.915. The van der Waals surface area contributed by atoms with E-state index in [4.69, 9.17) is 5.73 Å². The molecule has 11 heavy (non-hydrogen) atoms. The molecule has 0 aliphatic heterocycles. The van der Waals surface area contributed by atoms with Crippen LogP contribution in [-0.2, 0) is 6.42 Å². The maximum absolute atomic E-state index is 5.78. The highest BCUT2D eigenvalue weighted by Crippen LogP contribution is 2.09. The molecule has 0 fully saturated rings. The van der Waals surface area contributed by atoms with Crippen molar-refractivity contribution in [1.82, 2.24) is 4.98 Å². The van der Waals surface area contributed by atoms with Crippen LogP contribution in [0.15, 0.2) is 5.38 Å². The van der Waals surface area contributed by atoms with Crippen LogP contribution in [0, 0.1) is 6.92 Å². The van der Waals surface area contributed by atoms with Gasteiger partial charge in [0.25, 0.3) is 0 Å². The van der Waals surface area contributed by atoms with Crippen molar-refractivity contribution in [2.75, 3.05) is 0 Å². The number of hydrogen-bond donors (Lipinski definition) is 1. The standard InChI is InChI=1S/C8H14N2S/c1-3-7(9)4-8-5-11-6(2)10-8/h5,7H,3-4,9H2,1-2H3. The van der Waals surface area contributed by atoms with Crippen LogP contribution in [0.2, 0.25) is 0 Å². The summed E-state index contributed by atoms with van der Waals surface area (Å²) in [5.41, 5.74) is 6.92. The number of nitrogens with zero attached hydrogens (tertiary/aromatic N) is 1. The van der Waals surface area contributed by atoms with Crippen LogP contribution in [0.3, 0.4) is 0 Å². The fraction of sp³-hybridized carbons (Fsp3) is 0.625. The van der Waals surface area contributed by atoms with Crippen molar-refractivity contribution < 1.29 is 0 Å². The average Bonchev–Trinajstić information content (AvgIpc) is 2.35. The van der Waals surface area contributed by atoms with Crippen LogP contribution in [-0.4, -0.2) is 11.0 Å². The van der Waals surface area contributed by atoms with E-state index in [1.807, 2.05) is 6.92 Å². The number of aromatic nitrogens is 1. The SMILES string of the molecule is CCC(N)Cc1csc(C)n1. The van der Waals surface area contributed by atoms with Crippen LogP contribution in [0.25, 0.3) is 0 Å². The maximum atomic E-state index is 5.78. The molecule has 3 heteroatoms. The van der Waals surface area contributed by atoms with Gasteiger partial charge < -0.3 is 5.73 Å². The van der Waals surface area contributed by atoms with Crippen molar-refractivity contribution in [3.05, 3.63) is 16.1 Å². The largest absolute Gasteiger partial charge is 0.327 e. The quantitative estimate of drug-likeness (QED) is 0.750. The van der Waals surface area contributed by atoms with E-state index in [0.29, 0.717) is 0 Å². The first-order valence-corrected chi connectivity index (χ1v) is 4.77. The molecule has 0 aromatic carbocycles. The third-order valence-electron chi connectivity index (χ3n) is 1.66. The summed E-state index contributed by atoms with van der Waals surface area (Å²) in [5.74, 6) is 0. The lowest BCUT2D eigenvalue weighted by atomic mass is 10.1. The van der Waals surface area contributed by atoms with Crippen LogP contribution in [0.1, 0.15) is 24.0 Å². The van der Waals surface area contributed by atoms with Gasteiger partial charge in [-0.25, -0.2) is 4.98 Å². The molecule has 1 atom stereocenters.